The molecule has 31 heteroatoms. The van der Waals surface area contributed by atoms with E-state index in [0.717, 1.165) is 142 Å². The van der Waals surface area contributed by atoms with Crippen molar-refractivity contribution in [2.75, 3.05) is 141 Å². The Hall–Kier alpha value is -7.49. The number of carbonyl (C=O) groups excluding carboxylic acids is 5. The van der Waals surface area contributed by atoms with Crippen molar-refractivity contribution in [3.8, 4) is 10.4 Å². The molecule has 5 fully saturated rings. The minimum atomic E-state index is -6.11. The van der Waals surface area contributed by atoms with Crippen molar-refractivity contribution in [3.05, 3.63) is 160 Å². The predicted octanol–water partition coefficient (Wildman–Crippen LogP) is 12.3. The number of nitrogens with one attached hydrogen (secondary N) is 4. The number of anilines is 2. The van der Waals surface area contributed by atoms with Gasteiger partial charge in [0.25, 0.3) is 25.8 Å². The third kappa shape index (κ3) is 23.4. The van der Waals surface area contributed by atoms with Crippen molar-refractivity contribution in [1.29, 1.82) is 0 Å². The number of aromatic nitrogens is 1. The maximum Gasteiger partial charge on any atom is 0.501 e. The molecule has 5 saturated heterocycles. The lowest BCUT2D eigenvalue weighted by molar-refractivity contribution is -0.144. The highest BCUT2D eigenvalue weighted by Crippen LogP contribution is 2.46. The van der Waals surface area contributed by atoms with Gasteiger partial charge in [0.2, 0.25) is 23.6 Å². The van der Waals surface area contributed by atoms with E-state index in [9.17, 15) is 59.1 Å². The maximum absolute atomic E-state index is 14.5. The fraction of sp³-hybridized carbons (Fsp3) is 0.540. The van der Waals surface area contributed by atoms with Crippen LogP contribution in [0.3, 0.4) is 0 Å². The van der Waals surface area contributed by atoms with Gasteiger partial charge in [-0.25, -0.2) is 26.5 Å². The molecule has 0 unspecified atom stereocenters. The van der Waals surface area contributed by atoms with E-state index in [0.29, 0.717) is 94.1 Å². The first-order chi connectivity index (χ1) is 56.1. The molecular weight excluding hydrogens is 1610 g/mol. The van der Waals surface area contributed by atoms with E-state index in [-0.39, 0.29) is 60.7 Å². The second-order valence-electron chi connectivity index (χ2n) is 34.2. The summed E-state index contributed by atoms with van der Waals surface area (Å²) in [4.78, 5) is 88.4. The third-order valence-electron chi connectivity index (χ3n) is 24.2. The summed E-state index contributed by atoms with van der Waals surface area (Å²) in [5.41, 5.74) is 2.55. The van der Waals surface area contributed by atoms with Crippen LogP contribution < -0.4 is 25.6 Å². The Labute approximate surface area is 706 Å². The quantitative estimate of drug-likeness (QED) is 0.0262. The number of hydrogen-bond donors (Lipinski definition) is 5. The van der Waals surface area contributed by atoms with Gasteiger partial charge in [0.15, 0.2) is 0 Å². The van der Waals surface area contributed by atoms with Crippen molar-refractivity contribution in [2.45, 2.75) is 163 Å². The van der Waals surface area contributed by atoms with E-state index in [4.69, 9.17) is 16.3 Å². The van der Waals surface area contributed by atoms with Crippen LogP contribution in [-0.2, 0) is 43.8 Å². The molecule has 0 bridgehead atoms. The van der Waals surface area contributed by atoms with Crippen LogP contribution in [0.1, 0.15) is 138 Å². The number of halogens is 4. The Bertz CT molecular complexity index is 4700. The number of carbonyl (C=O) groups is 5. The number of allylic oxidation sites excluding steroid dienone is 1. The lowest BCUT2D eigenvalue weighted by Gasteiger charge is -2.45. The van der Waals surface area contributed by atoms with Gasteiger partial charge < -0.3 is 50.3 Å². The Morgan fingerprint density at radius 1 is 0.797 bits per heavy atom. The molecule has 118 heavy (non-hydrogen) atoms. The number of aliphatic hydroxyl groups excluding tert-OH is 1. The van der Waals surface area contributed by atoms with Gasteiger partial charge in [-0.05, 0) is 203 Å². The molecule has 5 N–H and O–H groups in total. The van der Waals surface area contributed by atoms with Gasteiger partial charge >= 0.3 is 5.51 Å². The van der Waals surface area contributed by atoms with E-state index in [1.807, 2.05) is 116 Å². The summed E-state index contributed by atoms with van der Waals surface area (Å²) < 4.78 is 105. The number of sulfone groups is 1. The summed E-state index contributed by atoms with van der Waals surface area (Å²) in [6.45, 7) is 23.3. The fourth-order valence-corrected chi connectivity index (χ4v) is 21.4. The Morgan fingerprint density at radius 3 is 2.14 bits per heavy atom. The van der Waals surface area contributed by atoms with Gasteiger partial charge in [-0.2, -0.15) is 13.2 Å². The van der Waals surface area contributed by atoms with Crippen molar-refractivity contribution < 1.29 is 63.8 Å². The number of piperazine rings is 1. The molecule has 1 aliphatic carbocycles. The summed E-state index contributed by atoms with van der Waals surface area (Å²) in [7, 11) is -9.24. The minimum absolute atomic E-state index is 0.0285. The largest absolute Gasteiger partial charge is 0.501 e. The number of benzene rings is 5. The number of alkyl halides is 3. The van der Waals surface area contributed by atoms with E-state index < -0.39 is 82.3 Å². The van der Waals surface area contributed by atoms with Crippen LogP contribution in [0.2, 0.25) is 5.02 Å². The number of thiazole rings is 1. The third-order valence-corrected chi connectivity index (χ3v) is 29.5. The number of aryl methyl sites for hydroxylation is 1. The van der Waals surface area contributed by atoms with E-state index in [2.05, 4.69) is 59.6 Å². The van der Waals surface area contributed by atoms with Crippen LogP contribution in [-0.4, -0.2) is 246 Å². The standard InChI is InChI=1S/C87H114ClF3N12O11S4/c1-59(61-14-16-65(17-15-61)80-60(2)92-58-116-80)93-83(108)76-50-71(104)54-103(76)84(109)81(85(3,4)5)95-78(105)55-97(7)37-34-79(106)102-41-31-63(32-42-102)62-29-38-100(39-30-62)57-86(6)35-28-74(64-18-22-68(88)23-19-64)67(52-86)53-99-43-45-101(46-44-99)70-24-20-66(21-25-70)82(107)96-118(112,113)73-26-27-75(77(51-73)117(110,111)87(89,90)91)94-69(56-115-72-12-9-8-10-13-72)33-40-98-36-11-48-114-49-47-98/h8-10,12-27,51,58-59,62-63,69,71,76,81,94,104H,11,28-50,52-57H2,1-7H3,(H,93,108)(H,95,105)(H,96,107)/t59-,69+,71+,76-,81+,86+/m0/s1. The molecule has 5 aliphatic heterocycles. The van der Waals surface area contributed by atoms with Crippen LogP contribution in [0.25, 0.3) is 16.0 Å². The first-order valence-corrected chi connectivity index (χ1v) is 46.5. The first-order valence-electron chi connectivity index (χ1n) is 41.2. The summed E-state index contributed by atoms with van der Waals surface area (Å²) in [5.74, 6) is -0.733. The molecule has 6 atom stereocenters. The van der Waals surface area contributed by atoms with Crippen LogP contribution in [0.5, 0.6) is 0 Å². The van der Waals surface area contributed by atoms with Gasteiger partial charge in [0.1, 0.15) is 17.0 Å². The van der Waals surface area contributed by atoms with E-state index in [1.165, 1.54) is 45.5 Å². The molecule has 1 aromatic heterocycles. The molecule has 5 aromatic carbocycles. The molecular formula is C87H114ClF3N12O11S4. The highest BCUT2D eigenvalue weighted by Gasteiger charge is 2.50. The normalized spacial score (nSPS) is 21.0. The summed E-state index contributed by atoms with van der Waals surface area (Å²) in [6, 6.07) is 31.5. The predicted molar refractivity (Wildman–Crippen MR) is 458 cm³/mol. The molecule has 6 aliphatic rings. The number of likely N-dealkylation sites (tertiary alicyclic amines) is 3. The fourth-order valence-electron chi connectivity index (χ4n) is 17.5. The number of piperidine rings is 2. The SMILES string of the molecule is Cc1ncsc1-c1ccc([C@H](C)NC(=O)[C@@H]2C[C@@H](O)CN2C(=O)[C@@H](NC(=O)CN(C)CCC(=O)N2CCC(C3CCN(C[C@]4(C)CCC(c5ccc(Cl)cc5)=C(CN5CCN(c6ccc(C(=O)NS(=O)(=O)c7ccc(N[C@H](CCN8CCCOCC8)CSc8ccccc8)c(S(=O)(=O)C(F)(F)F)c7)cc6)CC5)C4)CC3)CC2)C(C)(C)C)cc1. The number of rotatable bonds is 30. The highest BCUT2D eigenvalue weighted by atomic mass is 35.5. The zero-order valence-electron chi connectivity index (χ0n) is 68.6. The minimum Gasteiger partial charge on any atom is -0.391 e. The van der Waals surface area contributed by atoms with Crippen molar-refractivity contribution in [3.63, 3.8) is 0 Å². The molecule has 640 valence electrons. The maximum atomic E-state index is 14.5. The van der Waals surface area contributed by atoms with Crippen LogP contribution in [0, 0.1) is 29.6 Å². The van der Waals surface area contributed by atoms with Crippen molar-refractivity contribution in [2.24, 2.45) is 22.7 Å². The zero-order valence-corrected chi connectivity index (χ0v) is 72.7. The molecule has 12 rings (SSSR count). The monoisotopic (exact) mass is 1720 g/mol. The van der Waals surface area contributed by atoms with Crippen molar-refractivity contribution >= 4 is 101 Å². The first kappa shape index (κ1) is 89.8. The summed E-state index contributed by atoms with van der Waals surface area (Å²) in [5, 5.41) is 20.6. The molecule has 6 heterocycles. The number of ether oxygens (including phenoxy) is 1. The van der Waals surface area contributed by atoms with Crippen LogP contribution >= 0.6 is 34.7 Å². The summed E-state index contributed by atoms with van der Waals surface area (Å²) in [6.07, 6.45) is 7.70. The second-order valence-corrected chi connectivity index (χ2v) is 40.2. The lowest BCUT2D eigenvalue weighted by Crippen LogP contribution is -2.58. The number of β-amino-alcohol motifs (C(OH)–C–C–N with tert-alkyl or cyclic N) is 1. The number of thioether (sulfide) groups is 1. The van der Waals surface area contributed by atoms with Crippen molar-refractivity contribution in [1.82, 2.24) is 49.7 Å². The molecule has 0 radical (unpaired) electrons. The number of nitrogens with zero attached hydrogens (tertiary/aromatic N) is 8. The number of likely N-dealkylation sites (N-methyl/N-ethyl adjacent to an activating group) is 1. The number of aliphatic hydroxyl groups is 1. The van der Waals surface area contributed by atoms with Gasteiger partial charge in [0.05, 0.1) is 52.0 Å². The Balaban J connectivity index is 0.583. The number of hydrogen-bond acceptors (Lipinski definition) is 20. The van der Waals surface area contributed by atoms with Gasteiger partial charge in [-0.1, -0.05) is 99.5 Å². The highest BCUT2D eigenvalue weighted by molar-refractivity contribution is 7.99. The number of amides is 5. The topological polar surface area (TPSA) is 267 Å². The molecule has 0 saturated carbocycles. The van der Waals surface area contributed by atoms with Gasteiger partial charge in [-0.15, -0.1) is 23.1 Å². The smallest absolute Gasteiger partial charge is 0.391 e. The molecule has 0 spiro atoms. The Kier molecular flexibility index (Phi) is 30.1. The molecule has 23 nitrogen and oxygen atoms in total. The average Bonchev–Trinajstić information content (AvgIpc) is 0.916. The molecule has 5 amide bonds. The zero-order chi connectivity index (χ0) is 84.3. The van der Waals surface area contributed by atoms with Gasteiger partial charge in [-0.3, -0.25) is 33.8 Å². The summed E-state index contributed by atoms with van der Waals surface area (Å²) >= 11 is 9.44. The average molecular weight is 1720 g/mol. The lowest BCUT2D eigenvalue weighted by atomic mass is 9.70. The van der Waals surface area contributed by atoms with Crippen LogP contribution in [0.4, 0.5) is 24.5 Å². The molecule has 6 aromatic rings. The Morgan fingerprint density at radius 2 is 1.47 bits per heavy atom. The van der Waals surface area contributed by atoms with E-state index in [1.54, 1.807) is 35.4 Å². The van der Waals surface area contributed by atoms with E-state index >= 15 is 0 Å². The van der Waals surface area contributed by atoms with Gasteiger partial charge in [0, 0.05) is 137 Å². The second kappa shape index (κ2) is 39.6. The van der Waals surface area contributed by atoms with Crippen LogP contribution in [0.15, 0.2) is 147 Å². The number of sulfonamides is 1.